The predicted molar refractivity (Wildman–Crippen MR) is 182 cm³/mol. The van der Waals surface area contributed by atoms with Gasteiger partial charge in [-0.2, -0.15) is 5.26 Å². The Bertz CT molecular complexity index is 2120. The molecule has 2 amide bonds. The summed E-state index contributed by atoms with van der Waals surface area (Å²) in [7, 11) is 5.60. The van der Waals surface area contributed by atoms with Crippen LogP contribution in [-0.4, -0.2) is 103 Å². The topological polar surface area (TPSA) is 183 Å². The number of nitrogens with zero attached hydrogens (tertiary/aromatic N) is 6. The summed E-state index contributed by atoms with van der Waals surface area (Å²) < 4.78 is 15.5. The zero-order valence-corrected chi connectivity index (χ0v) is 27.2. The van der Waals surface area contributed by atoms with E-state index in [9.17, 15) is 19.6 Å². The number of nitrogens with one attached hydrogen (secondary N) is 4. The highest BCUT2D eigenvalue weighted by Gasteiger charge is 2.42. The van der Waals surface area contributed by atoms with Crippen LogP contribution in [0.3, 0.4) is 0 Å². The second-order valence-electron chi connectivity index (χ2n) is 12.8. The van der Waals surface area contributed by atoms with Crippen LogP contribution >= 0.6 is 0 Å². The van der Waals surface area contributed by atoms with Gasteiger partial charge in [0.15, 0.2) is 0 Å². The van der Waals surface area contributed by atoms with Crippen LogP contribution in [0.5, 0.6) is 0 Å². The quantitative estimate of drug-likeness (QED) is 0.186. The van der Waals surface area contributed by atoms with Crippen molar-refractivity contribution in [1.29, 1.82) is 5.26 Å². The third kappa shape index (κ3) is 5.53. The maximum atomic E-state index is 15.5. The summed E-state index contributed by atoms with van der Waals surface area (Å²) in [4.78, 5) is 55.2. The Balaban J connectivity index is 1.32. The van der Waals surface area contributed by atoms with E-state index in [2.05, 4.69) is 43.9 Å². The maximum Gasteiger partial charge on any atom is 0.322 e. The van der Waals surface area contributed by atoms with Crippen molar-refractivity contribution in [1.82, 2.24) is 30.5 Å². The number of likely N-dealkylation sites (N-methyl/N-ethyl adjacent to an activating group) is 1. The molecule has 6 heterocycles. The van der Waals surface area contributed by atoms with Crippen molar-refractivity contribution in [3.63, 3.8) is 0 Å². The molecule has 0 bridgehead atoms. The van der Waals surface area contributed by atoms with Crippen LogP contribution in [0.4, 0.5) is 21.6 Å². The van der Waals surface area contributed by atoms with E-state index in [4.69, 9.17) is 15.1 Å². The molecule has 14 nitrogen and oxygen atoms in total. The first-order valence-electron chi connectivity index (χ1n) is 16.0. The average Bonchev–Trinajstić information content (AvgIpc) is 3.77. The first-order chi connectivity index (χ1) is 23.6. The minimum Gasteiger partial charge on any atom is -0.480 e. The summed E-state index contributed by atoms with van der Waals surface area (Å²) in [5.74, 6) is -1.76. The van der Waals surface area contributed by atoms with E-state index in [-0.39, 0.29) is 24.6 Å². The van der Waals surface area contributed by atoms with E-state index in [0.29, 0.717) is 44.9 Å². The Kier molecular flexibility index (Phi) is 8.03. The lowest BCUT2D eigenvalue weighted by atomic mass is 9.96. The number of anilines is 3. The number of carboxylic acids is 1. The molecule has 15 heteroatoms. The van der Waals surface area contributed by atoms with Gasteiger partial charge in [0.2, 0.25) is 11.8 Å². The van der Waals surface area contributed by atoms with Crippen LogP contribution in [0, 0.1) is 23.1 Å². The molecule has 0 saturated carbocycles. The summed E-state index contributed by atoms with van der Waals surface area (Å²) in [5.41, 5.74) is 5.16. The molecule has 5 N–H and O–H groups in total. The number of likely N-dealkylation sites (tertiary alicyclic amines) is 1. The fraction of sp³-hybridized carbons (Fsp3) is 0.353. The molecule has 2 fully saturated rings. The fourth-order valence-corrected chi connectivity index (χ4v) is 7.54. The molecule has 3 aliphatic rings. The molecule has 0 aliphatic carbocycles. The zero-order valence-electron chi connectivity index (χ0n) is 27.2. The number of nitriles is 1. The first kappa shape index (κ1) is 31.8. The lowest BCUT2D eigenvalue weighted by Crippen LogP contribution is -2.40. The molecular formula is C34H35FN10O4. The van der Waals surface area contributed by atoms with E-state index in [1.165, 1.54) is 6.07 Å². The smallest absolute Gasteiger partial charge is 0.322 e. The summed E-state index contributed by atoms with van der Waals surface area (Å²) in [6.07, 6.45) is 6.43. The molecule has 1 aromatic carbocycles. The van der Waals surface area contributed by atoms with Crippen LogP contribution < -0.4 is 25.8 Å². The fourth-order valence-electron chi connectivity index (χ4n) is 7.54. The number of benzene rings is 1. The number of carbonyl (C=O) groups is 3. The van der Waals surface area contributed by atoms with Gasteiger partial charge in [-0.3, -0.25) is 14.4 Å². The molecule has 4 aromatic rings. The van der Waals surface area contributed by atoms with E-state index in [1.54, 1.807) is 37.6 Å². The second kappa shape index (κ2) is 12.4. The van der Waals surface area contributed by atoms with E-state index < -0.39 is 30.1 Å². The van der Waals surface area contributed by atoms with Crippen molar-refractivity contribution in [2.45, 2.75) is 18.9 Å². The number of aromatic nitrogens is 3. The molecule has 7 rings (SSSR count). The van der Waals surface area contributed by atoms with Gasteiger partial charge in [0.25, 0.3) is 0 Å². The van der Waals surface area contributed by atoms with Crippen molar-refractivity contribution < 1.29 is 23.9 Å². The van der Waals surface area contributed by atoms with Crippen molar-refractivity contribution in [3.05, 3.63) is 53.2 Å². The Labute approximate surface area is 280 Å². The lowest BCUT2D eigenvalue weighted by molar-refractivity contribution is -0.137. The van der Waals surface area contributed by atoms with E-state index in [0.717, 1.165) is 48.4 Å². The van der Waals surface area contributed by atoms with Gasteiger partial charge >= 0.3 is 5.97 Å². The second-order valence-corrected chi connectivity index (χ2v) is 12.8. The third-order valence-corrected chi connectivity index (χ3v) is 9.68. The standard InChI is InChI=1S/C34H35FN10O4/c1-37-24-8-23(35)21(9-36)28-29-31(45-5-4-17-14-43(2)16-25(17)45)22(11-39-32(29)42-30(24)28)19-6-18-7-20(15-44(3)33(18)40-10-19)34(49)41-12-26(46)38-13-27(47)48/h6,8,10-11,15,17,25,37H,4-5,7,12-14,16H2,1-3H3,(H,38,46)(H,39,42)(H,41,49)(H,47,48)/t17-,25+/m0/s1. The van der Waals surface area contributed by atoms with Crippen LogP contribution in [0.1, 0.15) is 17.5 Å². The van der Waals surface area contributed by atoms with Crippen LogP contribution in [0.2, 0.25) is 0 Å². The van der Waals surface area contributed by atoms with Gasteiger partial charge in [0.1, 0.15) is 29.9 Å². The molecular weight excluding hydrogens is 631 g/mol. The highest BCUT2D eigenvalue weighted by Crippen LogP contribution is 2.47. The summed E-state index contributed by atoms with van der Waals surface area (Å²) in [6, 6.07) is 5.60. The van der Waals surface area contributed by atoms with Crippen molar-refractivity contribution >= 4 is 56.9 Å². The van der Waals surface area contributed by atoms with Gasteiger partial charge < -0.3 is 40.7 Å². The van der Waals surface area contributed by atoms with Crippen molar-refractivity contribution in [2.75, 3.05) is 69.0 Å². The Hall–Kier alpha value is -5.75. The molecule has 0 unspecified atom stereocenters. The molecule has 3 aromatic heterocycles. The maximum absolute atomic E-state index is 15.5. The van der Waals surface area contributed by atoms with Gasteiger partial charge in [0.05, 0.1) is 34.4 Å². The lowest BCUT2D eigenvalue weighted by Gasteiger charge is -2.30. The molecule has 3 aliphatic heterocycles. The van der Waals surface area contributed by atoms with Crippen molar-refractivity contribution in [3.8, 4) is 17.2 Å². The third-order valence-electron chi connectivity index (χ3n) is 9.68. The molecule has 0 spiro atoms. The molecule has 49 heavy (non-hydrogen) atoms. The molecule has 2 atom stereocenters. The van der Waals surface area contributed by atoms with Crippen LogP contribution in [0.25, 0.3) is 33.1 Å². The van der Waals surface area contributed by atoms with Crippen LogP contribution in [0.15, 0.2) is 36.3 Å². The van der Waals surface area contributed by atoms with Gasteiger partial charge in [-0.15, -0.1) is 0 Å². The number of pyridine rings is 2. The number of amides is 2. The largest absolute Gasteiger partial charge is 0.480 e. The minimum absolute atomic E-state index is 0.0534. The minimum atomic E-state index is -1.18. The number of hydrogen-bond donors (Lipinski definition) is 5. The van der Waals surface area contributed by atoms with Gasteiger partial charge in [-0.1, -0.05) is 0 Å². The van der Waals surface area contributed by atoms with E-state index >= 15 is 4.39 Å². The first-order valence-corrected chi connectivity index (χ1v) is 16.0. The number of carboxylic acid groups (broad SMARTS) is 1. The van der Waals surface area contributed by atoms with Crippen LogP contribution in [-0.2, 0) is 20.8 Å². The number of fused-ring (bicyclic) bond motifs is 5. The molecule has 2 saturated heterocycles. The number of H-pyrrole nitrogens is 1. The predicted octanol–water partition coefficient (Wildman–Crippen LogP) is 2.16. The van der Waals surface area contributed by atoms with E-state index in [1.807, 2.05) is 6.07 Å². The number of halogens is 1. The zero-order chi connectivity index (χ0) is 34.6. The highest BCUT2D eigenvalue weighted by atomic mass is 19.1. The number of aliphatic carboxylic acids is 1. The molecule has 252 valence electrons. The normalized spacial score (nSPS) is 18.6. The molecule has 0 radical (unpaired) electrons. The Morgan fingerprint density at radius 2 is 1.94 bits per heavy atom. The summed E-state index contributed by atoms with van der Waals surface area (Å²) in [6.45, 7) is 1.72. The SMILES string of the molecule is CNc1cc(F)c(C#N)c2c1[nH]c1ncc(-c3cnc4c(c3)CC(C(=O)NCC(=O)NCC(=O)O)=CN4C)c(N3CC[C@H]4CN(C)C[C@H]43)c12. The van der Waals surface area contributed by atoms with Gasteiger partial charge in [-0.25, -0.2) is 14.4 Å². The number of carbonyl (C=O) groups excluding carboxylic acids is 2. The van der Waals surface area contributed by atoms with Gasteiger partial charge in [0, 0.05) is 98.5 Å². The summed E-state index contributed by atoms with van der Waals surface area (Å²) >= 11 is 0. The number of hydrogen-bond acceptors (Lipinski definition) is 10. The summed E-state index contributed by atoms with van der Waals surface area (Å²) in [5, 5.41) is 27.9. The Morgan fingerprint density at radius 1 is 1.12 bits per heavy atom. The van der Waals surface area contributed by atoms with Gasteiger partial charge in [-0.05, 0) is 25.5 Å². The number of rotatable bonds is 8. The van der Waals surface area contributed by atoms with Crippen molar-refractivity contribution in [2.24, 2.45) is 5.92 Å². The average molecular weight is 667 g/mol. The number of aromatic amines is 1. The Morgan fingerprint density at radius 3 is 2.69 bits per heavy atom. The highest BCUT2D eigenvalue weighted by molar-refractivity contribution is 6.19. The monoisotopic (exact) mass is 666 g/mol.